The van der Waals surface area contributed by atoms with Gasteiger partial charge in [0.1, 0.15) is 5.60 Å². The molecule has 0 unspecified atom stereocenters. The maximum Gasteiger partial charge on any atom is 0.331 e. The molecule has 0 radical (unpaired) electrons. The van der Waals surface area contributed by atoms with E-state index in [0.717, 1.165) is 22.3 Å². The molecule has 0 saturated carbocycles. The van der Waals surface area contributed by atoms with Gasteiger partial charge in [0, 0.05) is 22.8 Å². The molecule has 0 aliphatic heterocycles. The Bertz CT molecular complexity index is 883. The van der Waals surface area contributed by atoms with Gasteiger partial charge in [-0.2, -0.15) is 0 Å². The van der Waals surface area contributed by atoms with Crippen LogP contribution in [0, 0.1) is 0 Å². The summed E-state index contributed by atoms with van der Waals surface area (Å²) in [6, 6.07) is 20.4. The van der Waals surface area contributed by atoms with E-state index in [1.807, 2.05) is 51.1 Å². The summed E-state index contributed by atoms with van der Waals surface area (Å²) in [7, 11) is 0. The third kappa shape index (κ3) is 3.57. The van der Waals surface area contributed by atoms with Crippen molar-refractivity contribution in [1.29, 1.82) is 0 Å². The zero-order valence-electron chi connectivity index (χ0n) is 14.2. The predicted molar refractivity (Wildman–Crippen MR) is 98.2 cm³/mol. The second-order valence-corrected chi connectivity index (χ2v) is 6.67. The summed E-state index contributed by atoms with van der Waals surface area (Å²) in [5.41, 5.74) is 2.61. The lowest BCUT2D eigenvalue weighted by Gasteiger charge is -2.18. The minimum Gasteiger partial charge on any atom is -0.457 e. The molecule has 0 fully saturated rings. The fourth-order valence-corrected chi connectivity index (χ4v) is 2.65. The maximum atomic E-state index is 12.0. The average molecular weight is 319 g/mol. The normalized spacial score (nSPS) is 12.0. The Hall–Kier alpha value is -2.81. The Kier molecular flexibility index (Phi) is 4.26. The Morgan fingerprint density at radius 2 is 1.67 bits per heavy atom. The molecule has 0 bridgehead atoms. The van der Waals surface area contributed by atoms with Crippen LogP contribution in [0.25, 0.3) is 22.7 Å². The third-order valence-corrected chi connectivity index (χ3v) is 3.55. The van der Waals surface area contributed by atoms with Crippen molar-refractivity contribution in [2.75, 3.05) is 0 Å². The van der Waals surface area contributed by atoms with Crippen molar-refractivity contribution in [2.24, 2.45) is 0 Å². The number of ether oxygens (including phenoxy) is 1. The smallest absolute Gasteiger partial charge is 0.331 e. The van der Waals surface area contributed by atoms with E-state index < -0.39 is 5.60 Å². The van der Waals surface area contributed by atoms with E-state index in [0.29, 0.717) is 0 Å². The molecular formula is C21H21NO2. The number of carbonyl (C=O) groups is 1. The van der Waals surface area contributed by atoms with Gasteiger partial charge in [0.25, 0.3) is 0 Å². The van der Waals surface area contributed by atoms with Crippen molar-refractivity contribution in [2.45, 2.75) is 26.4 Å². The highest BCUT2D eigenvalue weighted by Gasteiger charge is 2.14. The first kappa shape index (κ1) is 16.1. The highest BCUT2D eigenvalue weighted by molar-refractivity contribution is 5.90. The molecule has 0 aliphatic carbocycles. The lowest BCUT2D eigenvalue weighted by Crippen LogP contribution is -2.22. The van der Waals surface area contributed by atoms with E-state index in [1.165, 1.54) is 6.08 Å². The summed E-state index contributed by atoms with van der Waals surface area (Å²) < 4.78 is 7.48. The predicted octanol–water partition coefficient (Wildman–Crippen LogP) is 4.99. The molecule has 2 aromatic carbocycles. The van der Waals surface area contributed by atoms with Gasteiger partial charge in [-0.25, -0.2) is 4.79 Å². The Morgan fingerprint density at radius 3 is 2.38 bits per heavy atom. The molecule has 0 N–H and O–H groups in total. The van der Waals surface area contributed by atoms with E-state index in [-0.39, 0.29) is 5.97 Å². The molecule has 122 valence electrons. The van der Waals surface area contributed by atoms with E-state index >= 15 is 0 Å². The van der Waals surface area contributed by atoms with Crippen molar-refractivity contribution in [3.63, 3.8) is 0 Å². The van der Waals surface area contributed by atoms with E-state index in [1.54, 1.807) is 6.08 Å². The zero-order valence-corrected chi connectivity index (χ0v) is 14.2. The second kappa shape index (κ2) is 6.36. The van der Waals surface area contributed by atoms with Crippen LogP contribution in [0.3, 0.4) is 0 Å². The third-order valence-electron chi connectivity index (χ3n) is 3.55. The van der Waals surface area contributed by atoms with Crippen LogP contribution in [0.2, 0.25) is 0 Å². The quantitative estimate of drug-likeness (QED) is 0.503. The minimum atomic E-state index is -0.492. The molecule has 0 saturated heterocycles. The first-order chi connectivity index (χ1) is 11.4. The number of benzene rings is 2. The monoisotopic (exact) mass is 319 g/mol. The number of para-hydroxylation sites is 2. The number of nitrogens with zero attached hydrogens (tertiary/aromatic N) is 1. The summed E-state index contributed by atoms with van der Waals surface area (Å²) in [5.74, 6) is -0.340. The van der Waals surface area contributed by atoms with Crippen LogP contribution < -0.4 is 0 Å². The van der Waals surface area contributed by atoms with Gasteiger partial charge in [0.15, 0.2) is 0 Å². The van der Waals surface area contributed by atoms with Crippen LogP contribution in [-0.4, -0.2) is 16.1 Å². The van der Waals surface area contributed by atoms with Crippen LogP contribution in [-0.2, 0) is 9.53 Å². The van der Waals surface area contributed by atoms with Gasteiger partial charge < -0.3 is 9.30 Å². The Balaban J connectivity index is 2.03. The summed E-state index contributed by atoms with van der Waals surface area (Å²) >= 11 is 0. The number of carbonyl (C=O) groups excluding carboxylic acids is 1. The first-order valence-corrected chi connectivity index (χ1v) is 8.01. The molecule has 3 aromatic rings. The number of rotatable bonds is 3. The van der Waals surface area contributed by atoms with Crippen molar-refractivity contribution < 1.29 is 9.53 Å². The molecule has 0 amide bonds. The van der Waals surface area contributed by atoms with Crippen molar-refractivity contribution >= 4 is 22.9 Å². The highest BCUT2D eigenvalue weighted by Crippen LogP contribution is 2.25. The fraction of sp³-hybridized carbons (Fsp3) is 0.190. The first-order valence-electron chi connectivity index (χ1n) is 8.01. The standard InChI is InChI=1S/C21H21NO2/c1-21(2,3)24-20(23)14-13-18-15-16-9-7-8-12-19(16)22(18)17-10-5-4-6-11-17/h4-15H,1-3H3. The Morgan fingerprint density at radius 1 is 1.00 bits per heavy atom. The highest BCUT2D eigenvalue weighted by atomic mass is 16.6. The topological polar surface area (TPSA) is 31.2 Å². The van der Waals surface area contributed by atoms with Gasteiger partial charge >= 0.3 is 5.97 Å². The number of esters is 1. The number of hydrogen-bond acceptors (Lipinski definition) is 2. The second-order valence-electron chi connectivity index (χ2n) is 6.67. The SMILES string of the molecule is CC(C)(C)OC(=O)C=Cc1cc2ccccc2n1-c1ccccc1. The van der Waals surface area contributed by atoms with Crippen molar-refractivity contribution in [3.05, 3.63) is 72.4 Å². The zero-order chi connectivity index (χ0) is 17.2. The molecule has 3 rings (SSSR count). The molecule has 0 spiro atoms. The number of hydrogen-bond donors (Lipinski definition) is 0. The lowest BCUT2D eigenvalue weighted by atomic mass is 10.2. The average Bonchev–Trinajstić information content (AvgIpc) is 2.90. The molecule has 3 nitrogen and oxygen atoms in total. The summed E-state index contributed by atoms with van der Waals surface area (Å²) in [6.45, 7) is 5.58. The molecule has 24 heavy (non-hydrogen) atoms. The molecule has 1 aromatic heterocycles. The fourth-order valence-electron chi connectivity index (χ4n) is 2.65. The summed E-state index contributed by atoms with van der Waals surface area (Å²) in [6.07, 6.45) is 3.29. The van der Waals surface area contributed by atoms with E-state index in [4.69, 9.17) is 4.74 Å². The summed E-state index contributed by atoms with van der Waals surface area (Å²) in [4.78, 5) is 12.0. The van der Waals surface area contributed by atoms with Crippen molar-refractivity contribution in [1.82, 2.24) is 4.57 Å². The molecule has 0 atom stereocenters. The van der Waals surface area contributed by atoms with Crippen LogP contribution in [0.5, 0.6) is 0 Å². The van der Waals surface area contributed by atoms with Crippen molar-refractivity contribution in [3.8, 4) is 5.69 Å². The molecular weight excluding hydrogens is 298 g/mol. The van der Waals surface area contributed by atoms with Gasteiger partial charge in [-0.05, 0) is 51.1 Å². The minimum absolute atomic E-state index is 0.340. The molecule has 0 aliphatic rings. The maximum absolute atomic E-state index is 12.0. The van der Waals surface area contributed by atoms with Gasteiger partial charge in [-0.1, -0.05) is 36.4 Å². The van der Waals surface area contributed by atoms with Crippen LogP contribution in [0.15, 0.2) is 66.7 Å². The van der Waals surface area contributed by atoms with E-state index in [9.17, 15) is 4.79 Å². The van der Waals surface area contributed by atoms with Crippen LogP contribution in [0.4, 0.5) is 0 Å². The Labute approximate surface area is 142 Å². The number of fused-ring (bicyclic) bond motifs is 1. The van der Waals surface area contributed by atoms with Gasteiger partial charge in [0.2, 0.25) is 0 Å². The summed E-state index contributed by atoms with van der Waals surface area (Å²) in [5, 5.41) is 1.13. The molecule has 3 heteroatoms. The lowest BCUT2D eigenvalue weighted by molar-refractivity contribution is -0.148. The van der Waals surface area contributed by atoms with Crippen LogP contribution in [0.1, 0.15) is 26.5 Å². The van der Waals surface area contributed by atoms with Gasteiger partial charge in [-0.3, -0.25) is 0 Å². The van der Waals surface area contributed by atoms with Gasteiger partial charge in [0.05, 0.1) is 5.52 Å². The number of aromatic nitrogens is 1. The largest absolute Gasteiger partial charge is 0.457 e. The van der Waals surface area contributed by atoms with E-state index in [2.05, 4.69) is 34.9 Å². The van der Waals surface area contributed by atoms with Gasteiger partial charge in [-0.15, -0.1) is 0 Å². The van der Waals surface area contributed by atoms with Crippen LogP contribution >= 0.6 is 0 Å². The molecule has 1 heterocycles.